The van der Waals surface area contributed by atoms with Gasteiger partial charge in [-0.1, -0.05) is 22.4 Å². The molecule has 0 aliphatic heterocycles. The van der Waals surface area contributed by atoms with Crippen molar-refractivity contribution in [1.82, 2.24) is 0 Å². The molecule has 2 heteroatoms. The van der Waals surface area contributed by atoms with E-state index in [4.69, 9.17) is 0 Å². The standard InChI is InChI=1S/C7H11BrO/c1-7(8)5-3-2-4-6(7)9/h2-5H2,1H3/t7-/m0/s1. The highest BCUT2D eigenvalue weighted by Gasteiger charge is 2.31. The van der Waals surface area contributed by atoms with Gasteiger partial charge in [0.2, 0.25) is 0 Å². The van der Waals surface area contributed by atoms with Gasteiger partial charge in [0.1, 0.15) is 5.78 Å². The van der Waals surface area contributed by atoms with E-state index in [1.165, 1.54) is 6.42 Å². The summed E-state index contributed by atoms with van der Waals surface area (Å²) in [5.41, 5.74) is 0. The quantitative estimate of drug-likeness (QED) is 0.537. The summed E-state index contributed by atoms with van der Waals surface area (Å²) in [7, 11) is 0. The van der Waals surface area contributed by atoms with E-state index in [1.54, 1.807) is 0 Å². The van der Waals surface area contributed by atoms with Crippen molar-refractivity contribution in [3.8, 4) is 0 Å². The minimum atomic E-state index is -0.189. The molecule has 1 atom stereocenters. The number of Topliss-reactive ketones (excluding diaryl/α,β-unsaturated/α-hetero) is 1. The first-order valence-electron chi connectivity index (χ1n) is 3.35. The van der Waals surface area contributed by atoms with Crippen molar-refractivity contribution in [2.75, 3.05) is 0 Å². The number of alkyl halides is 1. The largest absolute Gasteiger partial charge is 0.298 e. The third kappa shape index (κ3) is 1.54. The van der Waals surface area contributed by atoms with Crippen LogP contribution in [0.3, 0.4) is 0 Å². The fourth-order valence-corrected chi connectivity index (χ4v) is 1.62. The Kier molecular flexibility index (Phi) is 1.94. The molecule has 0 aromatic carbocycles. The summed E-state index contributed by atoms with van der Waals surface area (Å²) in [5.74, 6) is 0.369. The molecule has 0 aromatic heterocycles. The molecule has 1 rings (SSSR count). The van der Waals surface area contributed by atoms with E-state index in [0.29, 0.717) is 5.78 Å². The number of hydrogen-bond acceptors (Lipinski definition) is 1. The Hall–Kier alpha value is 0.150. The minimum absolute atomic E-state index is 0.189. The molecule has 0 aromatic rings. The van der Waals surface area contributed by atoms with Gasteiger partial charge in [-0.3, -0.25) is 4.79 Å². The lowest BCUT2D eigenvalue weighted by molar-refractivity contribution is -0.122. The van der Waals surface area contributed by atoms with Crippen molar-refractivity contribution in [3.63, 3.8) is 0 Å². The molecular formula is C7H11BrO. The Morgan fingerprint density at radius 1 is 1.56 bits per heavy atom. The summed E-state index contributed by atoms with van der Waals surface area (Å²) in [4.78, 5) is 11.1. The fourth-order valence-electron chi connectivity index (χ4n) is 1.14. The van der Waals surface area contributed by atoms with E-state index < -0.39 is 0 Å². The Balaban J connectivity index is 2.60. The van der Waals surface area contributed by atoms with E-state index in [2.05, 4.69) is 15.9 Å². The van der Waals surface area contributed by atoms with Gasteiger partial charge in [0.25, 0.3) is 0 Å². The second kappa shape index (κ2) is 2.41. The van der Waals surface area contributed by atoms with Gasteiger partial charge < -0.3 is 0 Å². The zero-order chi connectivity index (χ0) is 6.91. The molecule has 0 spiro atoms. The normalized spacial score (nSPS) is 36.9. The van der Waals surface area contributed by atoms with E-state index in [0.717, 1.165) is 19.3 Å². The van der Waals surface area contributed by atoms with Crippen LogP contribution in [0.1, 0.15) is 32.6 Å². The van der Waals surface area contributed by atoms with Gasteiger partial charge in [-0.2, -0.15) is 0 Å². The van der Waals surface area contributed by atoms with Crippen molar-refractivity contribution >= 4 is 21.7 Å². The molecule has 1 aliphatic carbocycles. The SMILES string of the molecule is C[C@]1(Br)CCCCC1=O. The first kappa shape index (κ1) is 7.26. The monoisotopic (exact) mass is 190 g/mol. The zero-order valence-corrected chi connectivity index (χ0v) is 7.20. The first-order chi connectivity index (χ1) is 4.13. The molecule has 0 unspecified atom stereocenters. The van der Waals surface area contributed by atoms with Crippen molar-refractivity contribution in [3.05, 3.63) is 0 Å². The fraction of sp³-hybridized carbons (Fsp3) is 0.857. The summed E-state index contributed by atoms with van der Waals surface area (Å²) < 4.78 is -0.189. The van der Waals surface area contributed by atoms with Gasteiger partial charge in [0, 0.05) is 6.42 Å². The van der Waals surface area contributed by atoms with Crippen LogP contribution in [0.15, 0.2) is 0 Å². The van der Waals surface area contributed by atoms with Gasteiger partial charge in [0.15, 0.2) is 0 Å². The Bertz CT molecular complexity index is 129. The van der Waals surface area contributed by atoms with Crippen molar-refractivity contribution in [2.24, 2.45) is 0 Å². The van der Waals surface area contributed by atoms with E-state index in [-0.39, 0.29) is 4.32 Å². The number of carbonyl (C=O) groups excluding carboxylic acids is 1. The number of rotatable bonds is 0. The van der Waals surface area contributed by atoms with Crippen LogP contribution in [0.25, 0.3) is 0 Å². The van der Waals surface area contributed by atoms with Crippen LogP contribution in [-0.2, 0) is 4.79 Å². The van der Waals surface area contributed by atoms with Crippen LogP contribution < -0.4 is 0 Å². The van der Waals surface area contributed by atoms with Crippen LogP contribution in [0.4, 0.5) is 0 Å². The highest BCUT2D eigenvalue weighted by atomic mass is 79.9. The number of ketones is 1. The van der Waals surface area contributed by atoms with Crippen LogP contribution in [0.5, 0.6) is 0 Å². The first-order valence-corrected chi connectivity index (χ1v) is 4.14. The summed E-state index contributed by atoms with van der Waals surface area (Å²) >= 11 is 3.41. The molecule has 9 heavy (non-hydrogen) atoms. The van der Waals surface area contributed by atoms with Gasteiger partial charge in [-0.05, 0) is 19.8 Å². The smallest absolute Gasteiger partial charge is 0.149 e. The molecule has 1 fully saturated rings. The molecule has 0 saturated heterocycles. The van der Waals surface area contributed by atoms with E-state index >= 15 is 0 Å². The second-order valence-electron chi connectivity index (χ2n) is 2.83. The van der Waals surface area contributed by atoms with Crippen LogP contribution in [0.2, 0.25) is 0 Å². The maximum absolute atomic E-state index is 11.1. The van der Waals surface area contributed by atoms with Crippen LogP contribution in [0, 0.1) is 0 Å². The lowest BCUT2D eigenvalue weighted by Gasteiger charge is -2.24. The molecule has 0 bridgehead atoms. The minimum Gasteiger partial charge on any atom is -0.298 e. The van der Waals surface area contributed by atoms with Gasteiger partial charge in [0.05, 0.1) is 4.32 Å². The lowest BCUT2D eigenvalue weighted by atomic mass is 9.89. The summed E-state index contributed by atoms with van der Waals surface area (Å²) in [6.45, 7) is 1.97. The maximum atomic E-state index is 11.1. The third-order valence-electron chi connectivity index (χ3n) is 1.88. The molecule has 52 valence electrons. The third-order valence-corrected chi connectivity index (χ3v) is 2.72. The highest BCUT2D eigenvalue weighted by Crippen LogP contribution is 2.31. The summed E-state index contributed by atoms with van der Waals surface area (Å²) in [5, 5.41) is 0. The van der Waals surface area contributed by atoms with Crippen LogP contribution in [-0.4, -0.2) is 10.1 Å². The lowest BCUT2D eigenvalue weighted by Crippen LogP contribution is -2.31. The molecule has 0 heterocycles. The van der Waals surface area contributed by atoms with E-state index in [1.807, 2.05) is 6.92 Å². The molecule has 0 N–H and O–H groups in total. The molecule has 1 nitrogen and oxygen atoms in total. The highest BCUT2D eigenvalue weighted by molar-refractivity contribution is 9.10. The number of hydrogen-bond donors (Lipinski definition) is 0. The molecule has 0 radical (unpaired) electrons. The molecule has 0 amide bonds. The number of carbonyl (C=O) groups is 1. The number of halogens is 1. The van der Waals surface area contributed by atoms with Gasteiger partial charge >= 0.3 is 0 Å². The molecule has 1 saturated carbocycles. The maximum Gasteiger partial charge on any atom is 0.149 e. The second-order valence-corrected chi connectivity index (χ2v) is 4.58. The van der Waals surface area contributed by atoms with E-state index in [9.17, 15) is 4.79 Å². The van der Waals surface area contributed by atoms with Crippen LogP contribution >= 0.6 is 15.9 Å². The zero-order valence-electron chi connectivity index (χ0n) is 5.61. The molecule has 1 aliphatic rings. The predicted molar refractivity (Wildman–Crippen MR) is 40.8 cm³/mol. The van der Waals surface area contributed by atoms with Crippen molar-refractivity contribution in [2.45, 2.75) is 36.9 Å². The summed E-state index contributed by atoms with van der Waals surface area (Å²) in [6, 6.07) is 0. The van der Waals surface area contributed by atoms with Gasteiger partial charge in [-0.15, -0.1) is 0 Å². The average Bonchev–Trinajstić information content (AvgIpc) is 1.77. The van der Waals surface area contributed by atoms with Crippen molar-refractivity contribution in [1.29, 1.82) is 0 Å². The predicted octanol–water partition coefficient (Wildman–Crippen LogP) is 2.28. The van der Waals surface area contributed by atoms with Crippen molar-refractivity contribution < 1.29 is 4.79 Å². The summed E-state index contributed by atoms with van der Waals surface area (Å²) in [6.07, 6.45) is 4.04. The Labute approximate surface area is 64.0 Å². The topological polar surface area (TPSA) is 17.1 Å². The average molecular weight is 191 g/mol. The Morgan fingerprint density at radius 2 is 2.22 bits per heavy atom. The molecular weight excluding hydrogens is 180 g/mol. The van der Waals surface area contributed by atoms with Gasteiger partial charge in [-0.25, -0.2) is 0 Å². The Morgan fingerprint density at radius 3 is 2.56 bits per heavy atom.